The fourth-order valence-electron chi connectivity index (χ4n) is 1.24. The first kappa shape index (κ1) is 10.5. The predicted octanol–water partition coefficient (Wildman–Crippen LogP) is 2.39. The van der Waals surface area contributed by atoms with Gasteiger partial charge in [0.05, 0.1) is 9.26 Å². The number of rotatable bonds is 2. The third-order valence-corrected chi connectivity index (χ3v) is 2.83. The average molecular weight is 314 g/mol. The van der Waals surface area contributed by atoms with Gasteiger partial charge in [0.25, 0.3) is 0 Å². The smallest absolute Gasteiger partial charge is 0.169 e. The molecule has 4 nitrogen and oxygen atoms in total. The summed E-state index contributed by atoms with van der Waals surface area (Å²) in [4.78, 5) is 8.16. The van der Waals surface area contributed by atoms with E-state index in [1.54, 1.807) is 10.9 Å². The van der Waals surface area contributed by atoms with Crippen molar-refractivity contribution in [2.24, 2.45) is 0 Å². The molecule has 0 fully saturated rings. The van der Waals surface area contributed by atoms with Crippen LogP contribution in [0.15, 0.2) is 24.8 Å². The highest BCUT2D eigenvalue weighted by atomic mass is 127. The van der Waals surface area contributed by atoms with Crippen molar-refractivity contribution in [1.29, 1.82) is 0 Å². The van der Waals surface area contributed by atoms with Crippen LogP contribution >= 0.6 is 22.6 Å². The van der Waals surface area contributed by atoms with E-state index in [0.717, 1.165) is 15.1 Å². The van der Waals surface area contributed by atoms with Crippen LogP contribution in [0.25, 0.3) is 5.82 Å². The monoisotopic (exact) mass is 314 g/mol. The molecule has 0 aromatic carbocycles. The number of aromatic nitrogens is 4. The summed E-state index contributed by atoms with van der Waals surface area (Å²) >= 11 is 2.20. The van der Waals surface area contributed by atoms with Crippen molar-refractivity contribution in [3.05, 3.63) is 34.1 Å². The van der Waals surface area contributed by atoms with Gasteiger partial charge in [-0.3, -0.25) is 0 Å². The minimum absolute atomic E-state index is 0.436. The van der Waals surface area contributed by atoms with E-state index >= 15 is 0 Å². The van der Waals surface area contributed by atoms with Crippen LogP contribution in [0.5, 0.6) is 0 Å². The molecule has 78 valence electrons. The molecule has 0 N–H and O–H groups in total. The Bertz CT molecular complexity index is 464. The topological polar surface area (TPSA) is 43.6 Å². The summed E-state index contributed by atoms with van der Waals surface area (Å²) in [6.07, 6.45) is 5.24. The first-order valence-corrected chi connectivity index (χ1v) is 5.78. The molecule has 0 saturated heterocycles. The van der Waals surface area contributed by atoms with E-state index in [1.165, 1.54) is 6.33 Å². The first-order chi connectivity index (χ1) is 7.18. The molecule has 0 bridgehead atoms. The summed E-state index contributed by atoms with van der Waals surface area (Å²) in [5, 5.41) is 4.46. The Balaban J connectivity index is 2.42. The second-order valence-electron chi connectivity index (χ2n) is 3.53. The van der Waals surface area contributed by atoms with E-state index in [2.05, 4.69) is 51.5 Å². The SMILES string of the molecule is CC(C)c1ccn(-c2ncncc2I)n1. The van der Waals surface area contributed by atoms with E-state index in [9.17, 15) is 0 Å². The first-order valence-electron chi connectivity index (χ1n) is 4.70. The molecule has 0 aliphatic heterocycles. The summed E-state index contributed by atoms with van der Waals surface area (Å²) in [5.41, 5.74) is 1.07. The highest BCUT2D eigenvalue weighted by Gasteiger charge is 2.07. The molecule has 0 aliphatic carbocycles. The minimum Gasteiger partial charge on any atom is -0.244 e. The molecule has 0 spiro atoms. The second-order valence-corrected chi connectivity index (χ2v) is 4.70. The van der Waals surface area contributed by atoms with E-state index in [1.807, 2.05) is 12.3 Å². The normalized spacial score (nSPS) is 10.9. The molecule has 2 rings (SSSR count). The van der Waals surface area contributed by atoms with E-state index < -0.39 is 0 Å². The van der Waals surface area contributed by atoms with Crippen molar-refractivity contribution in [2.45, 2.75) is 19.8 Å². The molecular weight excluding hydrogens is 303 g/mol. The van der Waals surface area contributed by atoms with Gasteiger partial charge in [0.15, 0.2) is 5.82 Å². The lowest BCUT2D eigenvalue weighted by Crippen LogP contribution is -2.02. The molecule has 5 heteroatoms. The Morgan fingerprint density at radius 3 is 2.80 bits per heavy atom. The standard InChI is InChI=1S/C10H11IN4/c1-7(2)9-3-4-15(14-9)10-8(11)5-12-6-13-10/h3-7H,1-2H3. The van der Waals surface area contributed by atoms with Gasteiger partial charge in [-0.25, -0.2) is 14.6 Å². The number of hydrogen-bond donors (Lipinski definition) is 0. The lowest BCUT2D eigenvalue weighted by molar-refractivity contribution is 0.753. The Morgan fingerprint density at radius 2 is 2.20 bits per heavy atom. The van der Waals surface area contributed by atoms with Gasteiger partial charge >= 0.3 is 0 Å². The van der Waals surface area contributed by atoms with Crippen molar-refractivity contribution in [3.63, 3.8) is 0 Å². The third-order valence-electron chi connectivity index (χ3n) is 2.07. The van der Waals surface area contributed by atoms with Crippen LogP contribution in [0.4, 0.5) is 0 Å². The lowest BCUT2D eigenvalue weighted by Gasteiger charge is -2.02. The van der Waals surface area contributed by atoms with Gasteiger partial charge in [0.2, 0.25) is 0 Å². The molecule has 0 radical (unpaired) electrons. The van der Waals surface area contributed by atoms with Crippen molar-refractivity contribution < 1.29 is 0 Å². The van der Waals surface area contributed by atoms with Crippen molar-refractivity contribution >= 4 is 22.6 Å². The highest BCUT2D eigenvalue weighted by Crippen LogP contribution is 2.15. The molecule has 15 heavy (non-hydrogen) atoms. The van der Waals surface area contributed by atoms with Crippen LogP contribution in [0.3, 0.4) is 0 Å². The fraction of sp³-hybridized carbons (Fsp3) is 0.300. The largest absolute Gasteiger partial charge is 0.244 e. The molecule has 0 saturated carbocycles. The summed E-state index contributed by atoms with van der Waals surface area (Å²) < 4.78 is 2.78. The van der Waals surface area contributed by atoms with E-state index in [-0.39, 0.29) is 0 Å². The Hall–Kier alpha value is -0.980. The number of halogens is 1. The molecular formula is C10H11IN4. The van der Waals surface area contributed by atoms with Crippen molar-refractivity contribution in [1.82, 2.24) is 19.7 Å². The summed E-state index contributed by atoms with van der Waals surface area (Å²) in [5.74, 6) is 1.27. The van der Waals surface area contributed by atoms with Crippen LogP contribution in [0.1, 0.15) is 25.5 Å². The van der Waals surface area contributed by atoms with Crippen molar-refractivity contribution in [3.8, 4) is 5.82 Å². The van der Waals surface area contributed by atoms with Crippen LogP contribution in [0.2, 0.25) is 0 Å². The molecule has 2 heterocycles. The Labute approximate surface area is 102 Å². The number of nitrogens with zero attached hydrogens (tertiary/aromatic N) is 4. The zero-order valence-corrected chi connectivity index (χ0v) is 10.7. The summed E-state index contributed by atoms with van der Waals surface area (Å²) in [7, 11) is 0. The predicted molar refractivity (Wildman–Crippen MR) is 66.0 cm³/mol. The summed E-state index contributed by atoms with van der Waals surface area (Å²) in [6, 6.07) is 2.02. The molecule has 0 aliphatic rings. The van der Waals surface area contributed by atoms with Crippen LogP contribution < -0.4 is 0 Å². The van der Waals surface area contributed by atoms with Gasteiger partial charge in [0.1, 0.15) is 6.33 Å². The fourth-order valence-corrected chi connectivity index (χ4v) is 1.79. The van der Waals surface area contributed by atoms with Crippen LogP contribution in [-0.2, 0) is 0 Å². The molecule has 0 unspecified atom stereocenters. The molecule has 0 amide bonds. The Kier molecular flexibility index (Phi) is 2.99. The van der Waals surface area contributed by atoms with Gasteiger partial charge < -0.3 is 0 Å². The third kappa shape index (κ3) is 2.17. The zero-order chi connectivity index (χ0) is 10.8. The van der Waals surface area contributed by atoms with Gasteiger partial charge in [-0.15, -0.1) is 0 Å². The number of hydrogen-bond acceptors (Lipinski definition) is 3. The average Bonchev–Trinajstić information content (AvgIpc) is 2.67. The molecule has 0 atom stereocenters. The Morgan fingerprint density at radius 1 is 1.40 bits per heavy atom. The quantitative estimate of drug-likeness (QED) is 0.800. The lowest BCUT2D eigenvalue weighted by atomic mass is 10.1. The maximum atomic E-state index is 4.46. The maximum Gasteiger partial charge on any atom is 0.169 e. The van der Waals surface area contributed by atoms with Gasteiger partial charge in [0, 0.05) is 12.4 Å². The minimum atomic E-state index is 0.436. The van der Waals surface area contributed by atoms with E-state index in [4.69, 9.17) is 0 Å². The van der Waals surface area contributed by atoms with Gasteiger partial charge in [-0.05, 0) is 34.6 Å². The summed E-state index contributed by atoms with van der Waals surface area (Å²) in [6.45, 7) is 4.25. The zero-order valence-electron chi connectivity index (χ0n) is 8.55. The highest BCUT2D eigenvalue weighted by molar-refractivity contribution is 14.1. The van der Waals surface area contributed by atoms with Crippen LogP contribution in [-0.4, -0.2) is 19.7 Å². The van der Waals surface area contributed by atoms with Gasteiger partial charge in [-0.1, -0.05) is 13.8 Å². The van der Waals surface area contributed by atoms with Gasteiger partial charge in [-0.2, -0.15) is 5.10 Å². The van der Waals surface area contributed by atoms with E-state index in [0.29, 0.717) is 5.92 Å². The van der Waals surface area contributed by atoms with Crippen molar-refractivity contribution in [2.75, 3.05) is 0 Å². The molecule has 2 aromatic rings. The van der Waals surface area contributed by atoms with Crippen LogP contribution in [0, 0.1) is 3.57 Å². The second kappa shape index (κ2) is 4.26. The molecule has 2 aromatic heterocycles. The maximum absolute atomic E-state index is 4.46.